The van der Waals surface area contributed by atoms with Gasteiger partial charge in [0.1, 0.15) is 13.2 Å². The first-order valence-corrected chi connectivity index (χ1v) is 24.3. The van der Waals surface area contributed by atoms with E-state index in [1.165, 1.54) is 12.8 Å². The molecule has 63 heavy (non-hydrogen) atoms. The number of unbranched alkanes of at least 4 members (excludes halogenated alkanes) is 6. The molecule has 0 rings (SSSR count). The summed E-state index contributed by atoms with van der Waals surface area (Å²) >= 11 is 0. The molecule has 0 aromatic heterocycles. The van der Waals surface area contributed by atoms with Gasteiger partial charge in [0.15, 0.2) is 6.10 Å². The Morgan fingerprint density at radius 3 is 1.05 bits per heavy atom. The Morgan fingerprint density at radius 2 is 0.651 bits per heavy atom. The summed E-state index contributed by atoms with van der Waals surface area (Å²) in [7, 11) is 0. The molecule has 1 unspecified atom stereocenters. The molecular weight excluding hydrogens is 781 g/mol. The number of esters is 3. The summed E-state index contributed by atoms with van der Waals surface area (Å²) in [6.07, 6.45) is 71.4. The van der Waals surface area contributed by atoms with Crippen LogP contribution in [-0.4, -0.2) is 37.2 Å². The number of hydrogen-bond donors (Lipinski definition) is 0. The maximum atomic E-state index is 12.7. The topological polar surface area (TPSA) is 78.9 Å². The summed E-state index contributed by atoms with van der Waals surface area (Å²) in [5, 5.41) is 0. The molecule has 6 nitrogen and oxygen atoms in total. The zero-order valence-electron chi connectivity index (χ0n) is 39.8. The summed E-state index contributed by atoms with van der Waals surface area (Å²) in [6.45, 7) is 6.19. The third-order valence-electron chi connectivity index (χ3n) is 9.34. The van der Waals surface area contributed by atoms with Crippen LogP contribution in [0.1, 0.15) is 175 Å². The number of hydrogen-bond acceptors (Lipinski definition) is 6. The average molecular weight is 867 g/mol. The van der Waals surface area contributed by atoms with E-state index >= 15 is 0 Å². The molecule has 0 N–H and O–H groups in total. The number of ether oxygens (including phenoxy) is 3. The van der Waals surface area contributed by atoms with Crippen molar-refractivity contribution in [1.29, 1.82) is 0 Å². The highest BCUT2D eigenvalue weighted by molar-refractivity contribution is 5.71. The van der Waals surface area contributed by atoms with Crippen LogP contribution < -0.4 is 0 Å². The van der Waals surface area contributed by atoms with Crippen LogP contribution in [0.2, 0.25) is 0 Å². The molecular formula is C57H86O6. The second-order valence-electron chi connectivity index (χ2n) is 15.2. The van der Waals surface area contributed by atoms with Crippen LogP contribution >= 0.6 is 0 Å². The summed E-state index contributed by atoms with van der Waals surface area (Å²) in [5.41, 5.74) is 0. The number of allylic oxidation sites excluding steroid dienone is 24. The third kappa shape index (κ3) is 48.2. The second-order valence-corrected chi connectivity index (χ2v) is 15.2. The van der Waals surface area contributed by atoms with Gasteiger partial charge in [-0.3, -0.25) is 14.4 Å². The van der Waals surface area contributed by atoms with Gasteiger partial charge in [0.25, 0.3) is 0 Å². The van der Waals surface area contributed by atoms with Crippen LogP contribution in [0.25, 0.3) is 0 Å². The molecule has 0 aliphatic rings. The van der Waals surface area contributed by atoms with E-state index in [1.807, 2.05) is 24.3 Å². The predicted octanol–water partition coefficient (Wildman–Crippen LogP) is 16.1. The molecule has 0 heterocycles. The highest BCUT2D eigenvalue weighted by Gasteiger charge is 2.19. The van der Waals surface area contributed by atoms with E-state index in [4.69, 9.17) is 14.2 Å². The van der Waals surface area contributed by atoms with Crippen LogP contribution in [0.3, 0.4) is 0 Å². The Bertz CT molecular complexity index is 1460. The van der Waals surface area contributed by atoms with Gasteiger partial charge in [-0.2, -0.15) is 0 Å². The molecule has 0 spiro atoms. The predicted molar refractivity (Wildman–Crippen MR) is 269 cm³/mol. The van der Waals surface area contributed by atoms with E-state index in [0.29, 0.717) is 19.3 Å². The molecule has 0 saturated carbocycles. The minimum Gasteiger partial charge on any atom is -0.462 e. The monoisotopic (exact) mass is 867 g/mol. The van der Waals surface area contributed by atoms with Crippen LogP contribution in [-0.2, 0) is 28.6 Å². The molecule has 0 saturated heterocycles. The molecule has 0 aliphatic carbocycles. The first kappa shape index (κ1) is 58.3. The maximum absolute atomic E-state index is 12.7. The van der Waals surface area contributed by atoms with Crippen LogP contribution in [0, 0.1) is 0 Å². The van der Waals surface area contributed by atoms with Crippen molar-refractivity contribution in [1.82, 2.24) is 0 Å². The minimum absolute atomic E-state index is 0.144. The Morgan fingerprint density at radius 1 is 0.333 bits per heavy atom. The summed E-state index contributed by atoms with van der Waals surface area (Å²) in [5.74, 6) is -1.14. The van der Waals surface area contributed by atoms with Crippen molar-refractivity contribution in [2.24, 2.45) is 0 Å². The van der Waals surface area contributed by atoms with Crippen molar-refractivity contribution in [2.45, 2.75) is 181 Å². The maximum Gasteiger partial charge on any atom is 0.306 e. The molecule has 0 aromatic rings. The van der Waals surface area contributed by atoms with Crippen molar-refractivity contribution in [3.05, 3.63) is 146 Å². The molecule has 0 bridgehead atoms. The zero-order chi connectivity index (χ0) is 45.8. The highest BCUT2D eigenvalue weighted by Crippen LogP contribution is 2.10. The fraction of sp³-hybridized carbons (Fsp3) is 0.526. The van der Waals surface area contributed by atoms with Crippen molar-refractivity contribution in [3.8, 4) is 0 Å². The molecule has 0 amide bonds. The van der Waals surface area contributed by atoms with Gasteiger partial charge in [-0.05, 0) is 109 Å². The zero-order valence-corrected chi connectivity index (χ0v) is 39.8. The summed E-state index contributed by atoms with van der Waals surface area (Å²) in [4.78, 5) is 37.8. The lowest BCUT2D eigenvalue weighted by Gasteiger charge is -2.18. The normalized spacial score (nSPS) is 13.4. The Labute approximate surface area is 385 Å². The molecule has 350 valence electrons. The van der Waals surface area contributed by atoms with Gasteiger partial charge in [-0.25, -0.2) is 0 Å². The van der Waals surface area contributed by atoms with E-state index in [9.17, 15) is 14.4 Å². The van der Waals surface area contributed by atoms with Crippen molar-refractivity contribution >= 4 is 17.9 Å². The smallest absolute Gasteiger partial charge is 0.306 e. The lowest BCUT2D eigenvalue weighted by molar-refractivity contribution is -0.166. The first-order chi connectivity index (χ1) is 31.0. The fourth-order valence-corrected chi connectivity index (χ4v) is 5.73. The Kier molecular flexibility index (Phi) is 46.2. The third-order valence-corrected chi connectivity index (χ3v) is 9.34. The number of rotatable bonds is 41. The fourth-order valence-electron chi connectivity index (χ4n) is 5.73. The van der Waals surface area contributed by atoms with Gasteiger partial charge in [-0.1, -0.05) is 192 Å². The molecule has 1 atom stereocenters. The average Bonchev–Trinajstić information content (AvgIpc) is 3.28. The first-order valence-electron chi connectivity index (χ1n) is 24.3. The number of carbonyl (C=O) groups is 3. The molecule has 0 aromatic carbocycles. The van der Waals surface area contributed by atoms with Crippen LogP contribution in [0.15, 0.2) is 146 Å². The Hall–Kier alpha value is -4.71. The van der Waals surface area contributed by atoms with E-state index in [1.54, 1.807) is 0 Å². The quantitative estimate of drug-likeness (QED) is 0.0264. The van der Waals surface area contributed by atoms with Crippen LogP contribution in [0.4, 0.5) is 0 Å². The van der Waals surface area contributed by atoms with Gasteiger partial charge in [-0.15, -0.1) is 0 Å². The van der Waals surface area contributed by atoms with E-state index < -0.39 is 12.1 Å². The molecule has 0 aliphatic heterocycles. The highest BCUT2D eigenvalue weighted by atomic mass is 16.6. The van der Waals surface area contributed by atoms with Crippen molar-refractivity contribution in [3.63, 3.8) is 0 Å². The van der Waals surface area contributed by atoms with E-state index in [0.717, 1.165) is 109 Å². The lowest BCUT2D eigenvalue weighted by Crippen LogP contribution is -2.30. The van der Waals surface area contributed by atoms with Gasteiger partial charge >= 0.3 is 17.9 Å². The molecule has 6 heteroatoms. The van der Waals surface area contributed by atoms with Gasteiger partial charge < -0.3 is 14.2 Å². The largest absolute Gasteiger partial charge is 0.462 e. The lowest BCUT2D eigenvalue weighted by atomic mass is 10.1. The van der Waals surface area contributed by atoms with Crippen molar-refractivity contribution in [2.75, 3.05) is 13.2 Å². The van der Waals surface area contributed by atoms with Gasteiger partial charge in [0.2, 0.25) is 0 Å². The minimum atomic E-state index is -0.857. The van der Waals surface area contributed by atoms with Gasteiger partial charge in [0, 0.05) is 19.3 Å². The second kappa shape index (κ2) is 49.9. The van der Waals surface area contributed by atoms with Crippen molar-refractivity contribution < 1.29 is 28.6 Å². The van der Waals surface area contributed by atoms with Gasteiger partial charge in [0.05, 0.1) is 0 Å². The molecule has 0 radical (unpaired) electrons. The van der Waals surface area contributed by atoms with Crippen LogP contribution in [0.5, 0.6) is 0 Å². The standard InChI is InChI=1S/C57H86O6/c1-4-7-10-13-16-19-22-24-26-28-29-30-32-33-35-38-41-44-47-50-56(59)62-53-54(52-61-55(58)49-46-43-40-37-21-18-15-12-9-6-3)63-57(60)51-48-45-42-39-36-34-31-27-25-23-20-17-14-11-8-5-2/h7-8,10-11,15-20,24-27,29-30,33-36,41-42,44-45,54H,4-6,9,12-14,21-23,28,31-32,37-40,43,46-53H2,1-3H3/b10-7-,11-8-,18-15-,19-16-,20-17-,26-24-,27-25-,30-29-,35-33-,36-34-,44-41-,45-42-. The number of carbonyl (C=O) groups excluding carboxylic acids is 3. The van der Waals surface area contributed by atoms with E-state index in [2.05, 4.69) is 142 Å². The Balaban J connectivity index is 4.63. The summed E-state index contributed by atoms with van der Waals surface area (Å²) in [6, 6.07) is 0. The summed E-state index contributed by atoms with van der Waals surface area (Å²) < 4.78 is 16.6. The van der Waals surface area contributed by atoms with E-state index in [-0.39, 0.29) is 38.0 Å². The SMILES string of the molecule is CC/C=C\C/C=C\C/C=C\C/C=C\C/C=C\C/C=C\CCC(=O)OCC(COC(=O)CCCCCC/C=C\CCCC)OC(=O)CC/C=C\C/C=C\C/C=C\C/C=C\C/C=C\CC. The molecule has 0 fully saturated rings.